The van der Waals surface area contributed by atoms with E-state index in [1.807, 2.05) is 4.98 Å². The van der Waals surface area contributed by atoms with Crippen molar-refractivity contribution in [3.63, 3.8) is 0 Å². The smallest absolute Gasteiger partial charge is 0.393 e. The van der Waals surface area contributed by atoms with E-state index in [0.29, 0.717) is 12.8 Å². The monoisotopic (exact) mass is 468 g/mol. The van der Waals surface area contributed by atoms with E-state index >= 15 is 4.39 Å². The molecule has 7 nitrogen and oxygen atoms in total. The van der Waals surface area contributed by atoms with Gasteiger partial charge in [0.25, 0.3) is 12.0 Å². The minimum atomic E-state index is -4.62. The van der Waals surface area contributed by atoms with E-state index in [1.165, 1.54) is 0 Å². The summed E-state index contributed by atoms with van der Waals surface area (Å²) >= 11 is 0. The highest BCUT2D eigenvalue weighted by molar-refractivity contribution is 5.63. The van der Waals surface area contributed by atoms with Crippen LogP contribution in [0.1, 0.15) is 18.9 Å². The van der Waals surface area contributed by atoms with Gasteiger partial charge in [-0.2, -0.15) is 13.2 Å². The Morgan fingerprint density at radius 1 is 1.22 bits per heavy atom. The van der Waals surface area contributed by atoms with E-state index in [2.05, 4.69) is 0 Å². The Labute approximate surface area is 177 Å². The summed E-state index contributed by atoms with van der Waals surface area (Å²) in [5.74, 6) is -3.26. The van der Waals surface area contributed by atoms with Crippen molar-refractivity contribution in [1.29, 1.82) is 0 Å². The number of rotatable bonds is 5. The van der Waals surface area contributed by atoms with E-state index in [0.717, 1.165) is 16.6 Å². The van der Waals surface area contributed by atoms with Gasteiger partial charge in [0.1, 0.15) is 11.8 Å². The molecule has 2 aliphatic carbocycles. The van der Waals surface area contributed by atoms with Gasteiger partial charge in [-0.25, -0.2) is 18.0 Å². The second kappa shape index (κ2) is 7.94. The van der Waals surface area contributed by atoms with Crippen LogP contribution in [0.25, 0.3) is 11.3 Å². The van der Waals surface area contributed by atoms with Crippen molar-refractivity contribution in [3.8, 4) is 0 Å². The van der Waals surface area contributed by atoms with Crippen molar-refractivity contribution in [2.24, 2.45) is 17.6 Å². The molecular formula is C19H22F6N4O3. The number of nitrogens with one attached hydrogen (secondary N) is 1. The first-order valence-corrected chi connectivity index (χ1v) is 10.1. The van der Waals surface area contributed by atoms with Crippen molar-refractivity contribution < 1.29 is 31.1 Å². The summed E-state index contributed by atoms with van der Waals surface area (Å²) in [5, 5.41) is -0.994. The quantitative estimate of drug-likeness (QED) is 0.586. The second-order valence-corrected chi connectivity index (χ2v) is 8.35. The van der Waals surface area contributed by atoms with Crippen LogP contribution in [-0.4, -0.2) is 66.0 Å². The van der Waals surface area contributed by atoms with Crippen LogP contribution in [0, 0.1) is 11.8 Å². The second-order valence-electron chi connectivity index (χ2n) is 8.35. The van der Waals surface area contributed by atoms with Crippen LogP contribution in [0.2, 0.25) is 0 Å². The number of hydrogen-bond acceptors (Lipinski definition) is 5. The minimum absolute atomic E-state index is 0.294. The molecule has 3 N–H and O–H groups in total. The van der Waals surface area contributed by atoms with Gasteiger partial charge in [0, 0.05) is 24.7 Å². The molecule has 1 aliphatic heterocycles. The van der Waals surface area contributed by atoms with Crippen molar-refractivity contribution in [3.05, 3.63) is 31.4 Å². The van der Waals surface area contributed by atoms with Gasteiger partial charge in [0.15, 0.2) is 6.17 Å². The molecule has 0 spiro atoms. The lowest BCUT2D eigenvalue weighted by atomic mass is 9.93. The van der Waals surface area contributed by atoms with Crippen LogP contribution in [0.3, 0.4) is 0 Å². The molecule has 3 aliphatic rings. The zero-order valence-corrected chi connectivity index (χ0v) is 17.0. The fraction of sp³-hybridized carbons (Fsp3) is 0.684. The fourth-order valence-corrected chi connectivity index (χ4v) is 4.86. The number of likely N-dealkylation sites (tertiary alicyclic amines) is 1. The van der Waals surface area contributed by atoms with Gasteiger partial charge in [0.2, 0.25) is 0 Å². The summed E-state index contributed by atoms with van der Waals surface area (Å²) in [6.45, 7) is -1.31. The van der Waals surface area contributed by atoms with Gasteiger partial charge in [0.05, 0.1) is 23.6 Å². The Bertz CT molecular complexity index is 1140. The molecule has 1 saturated carbocycles. The summed E-state index contributed by atoms with van der Waals surface area (Å²) in [6, 6.07) is -2.07. The summed E-state index contributed by atoms with van der Waals surface area (Å²) in [7, 11) is 1.10. The van der Waals surface area contributed by atoms with Gasteiger partial charge < -0.3 is 10.5 Å². The van der Waals surface area contributed by atoms with E-state index in [9.17, 15) is 31.5 Å². The number of alkyl halides is 6. The lowest BCUT2D eigenvalue weighted by Gasteiger charge is -2.35. The number of fused-ring (bicyclic) bond motifs is 1. The first kappa shape index (κ1) is 22.9. The number of H-pyrrole nitrogens is 1. The summed E-state index contributed by atoms with van der Waals surface area (Å²) in [4.78, 5) is 28.0. The third-order valence-electron chi connectivity index (χ3n) is 6.46. The van der Waals surface area contributed by atoms with Crippen molar-refractivity contribution in [2.75, 3.05) is 26.7 Å². The van der Waals surface area contributed by atoms with Gasteiger partial charge in [-0.15, -0.1) is 0 Å². The first-order chi connectivity index (χ1) is 15.0. The van der Waals surface area contributed by atoms with Crippen LogP contribution in [-0.2, 0) is 4.74 Å². The zero-order chi connectivity index (χ0) is 23.5. The summed E-state index contributed by atoms with van der Waals surface area (Å²) < 4.78 is 90.5. The van der Waals surface area contributed by atoms with Crippen LogP contribution in [0.5, 0.6) is 0 Å². The van der Waals surface area contributed by atoms with Crippen LogP contribution < -0.4 is 27.6 Å². The Morgan fingerprint density at radius 3 is 2.34 bits per heavy atom. The number of hydrogen-bond donors (Lipinski definition) is 2. The van der Waals surface area contributed by atoms with Gasteiger partial charge >= 0.3 is 11.9 Å². The van der Waals surface area contributed by atoms with Gasteiger partial charge in [-0.05, 0) is 25.3 Å². The van der Waals surface area contributed by atoms with E-state index in [-0.39, 0.29) is 24.2 Å². The Kier molecular flexibility index (Phi) is 5.68. The lowest BCUT2D eigenvalue weighted by molar-refractivity contribution is -0.180. The van der Waals surface area contributed by atoms with Crippen molar-refractivity contribution in [1.82, 2.24) is 14.5 Å². The number of nitrogens with zero attached hydrogens (tertiary/aromatic N) is 2. The fourth-order valence-electron chi connectivity index (χ4n) is 4.86. The first-order valence-electron chi connectivity index (χ1n) is 10.1. The molecule has 1 aromatic heterocycles. The molecule has 0 aromatic carbocycles. The molecule has 178 valence electrons. The number of methoxy groups -OCH3 is 1. The summed E-state index contributed by atoms with van der Waals surface area (Å²) in [5.41, 5.74) is 2.28. The number of ether oxygens (including phenoxy) is 1. The molecule has 4 atom stereocenters. The Morgan fingerprint density at radius 2 is 1.88 bits per heavy atom. The maximum atomic E-state index is 15.6. The maximum Gasteiger partial charge on any atom is 0.393 e. The molecule has 1 aromatic rings. The zero-order valence-electron chi connectivity index (χ0n) is 17.0. The third-order valence-corrected chi connectivity index (χ3v) is 6.46. The van der Waals surface area contributed by atoms with Crippen LogP contribution >= 0.6 is 0 Å². The lowest BCUT2D eigenvalue weighted by Crippen LogP contribution is -2.63. The average Bonchev–Trinajstić information content (AvgIpc) is 3.43. The Balaban J connectivity index is 1.99. The molecule has 0 bridgehead atoms. The molecule has 2 fully saturated rings. The van der Waals surface area contributed by atoms with Crippen LogP contribution in [0.15, 0.2) is 9.59 Å². The van der Waals surface area contributed by atoms with Gasteiger partial charge in [-0.1, -0.05) is 0 Å². The SMILES string of the molecule is COC1=c2c(c(=O)[nH]c(=O)n2C2CC2)=C(C(F)F)C(F)C1N1CC(CN)C(C(F)(F)F)C1. The molecule has 0 amide bonds. The molecule has 2 heterocycles. The Hall–Kier alpha value is -2.28. The molecule has 4 rings (SSSR count). The molecule has 13 heteroatoms. The highest BCUT2D eigenvalue weighted by Gasteiger charge is 2.53. The molecule has 0 radical (unpaired) electrons. The van der Waals surface area contributed by atoms with Crippen molar-refractivity contribution in [2.45, 2.75) is 43.7 Å². The van der Waals surface area contributed by atoms with Crippen LogP contribution in [0.4, 0.5) is 26.3 Å². The predicted octanol–water partition coefficient (Wildman–Crippen LogP) is -0.169. The number of nitrogens with two attached hydrogens (primary N) is 1. The maximum absolute atomic E-state index is 15.6. The van der Waals surface area contributed by atoms with Crippen molar-refractivity contribution >= 4 is 11.3 Å². The largest absolute Gasteiger partial charge is 0.497 e. The number of halogens is 6. The normalized spacial score (nSPS) is 29.0. The predicted molar refractivity (Wildman–Crippen MR) is 101 cm³/mol. The number of aromatic nitrogens is 2. The third kappa shape index (κ3) is 3.54. The number of aromatic amines is 1. The average molecular weight is 468 g/mol. The highest BCUT2D eigenvalue weighted by atomic mass is 19.4. The van der Waals surface area contributed by atoms with Gasteiger partial charge in [-0.3, -0.25) is 19.2 Å². The topological polar surface area (TPSA) is 93.3 Å². The van der Waals surface area contributed by atoms with E-state index in [1.54, 1.807) is 0 Å². The molecule has 32 heavy (non-hydrogen) atoms. The molecule has 1 saturated heterocycles. The standard InChI is InChI=1S/C19H22F6N4O3/c1-32-15-13-11(17(30)27-18(31)29(13)8-2-3-8)10(16(21)22)12(20)14(15)28-5-7(4-26)9(6-28)19(23,24)25/h7-9,12,14,16H,2-6,26H2,1H3,(H,27,30,31). The molecule has 4 unspecified atom stereocenters. The van der Waals surface area contributed by atoms with E-state index < -0.39 is 71.3 Å². The summed E-state index contributed by atoms with van der Waals surface area (Å²) in [6.07, 6.45) is -9.50. The molecular weight excluding hydrogens is 446 g/mol. The van der Waals surface area contributed by atoms with E-state index in [4.69, 9.17) is 10.5 Å². The highest BCUT2D eigenvalue weighted by Crippen LogP contribution is 2.41. The minimum Gasteiger partial charge on any atom is -0.497 e.